The number of nitrogens with one attached hydrogen (secondary N) is 1. The first-order valence-electron chi connectivity index (χ1n) is 6.64. The fraction of sp³-hybridized carbons (Fsp3) is 0.923. The lowest BCUT2D eigenvalue weighted by Gasteiger charge is -2.40. The third-order valence-corrected chi connectivity index (χ3v) is 3.68. The van der Waals surface area contributed by atoms with Crippen LogP contribution < -0.4 is 5.32 Å². The van der Waals surface area contributed by atoms with Crippen LogP contribution in [-0.2, 0) is 9.47 Å². The molecule has 2 rings (SSSR count). The van der Waals surface area contributed by atoms with Gasteiger partial charge in [-0.2, -0.15) is 0 Å². The highest BCUT2D eigenvalue weighted by Gasteiger charge is 2.53. The number of carbonyl (C=O) groups excluding carboxylic acids is 1. The molecule has 0 aromatic heterocycles. The second-order valence-electron chi connectivity index (χ2n) is 6.17. The van der Waals surface area contributed by atoms with Gasteiger partial charge in [-0.25, -0.2) is 4.79 Å². The quantitative estimate of drug-likeness (QED) is 0.811. The number of hydrogen-bond donors (Lipinski definition) is 1. The van der Waals surface area contributed by atoms with E-state index in [1.165, 1.54) is 0 Å². The SMILES string of the molecule is CNC1(C2COCCN2C(=O)OC(C)(C)C)CC1. The van der Waals surface area contributed by atoms with Gasteiger partial charge in [-0.15, -0.1) is 0 Å². The maximum absolute atomic E-state index is 12.2. The zero-order chi connectivity index (χ0) is 13.4. The van der Waals surface area contributed by atoms with Crippen molar-refractivity contribution >= 4 is 6.09 Å². The molecule has 5 nitrogen and oxygen atoms in total. The third kappa shape index (κ3) is 2.78. The van der Waals surface area contributed by atoms with Crippen LogP contribution in [0.5, 0.6) is 0 Å². The third-order valence-electron chi connectivity index (χ3n) is 3.68. The molecule has 2 fully saturated rings. The molecule has 1 amide bonds. The van der Waals surface area contributed by atoms with Gasteiger partial charge in [0.2, 0.25) is 0 Å². The fourth-order valence-corrected chi connectivity index (χ4v) is 2.49. The Hall–Kier alpha value is -0.810. The first-order chi connectivity index (χ1) is 8.38. The molecular formula is C13H24N2O3. The van der Waals surface area contributed by atoms with E-state index >= 15 is 0 Å². The number of amides is 1. The summed E-state index contributed by atoms with van der Waals surface area (Å²) in [5, 5.41) is 3.34. The molecule has 1 N–H and O–H groups in total. The van der Waals surface area contributed by atoms with Crippen molar-refractivity contribution in [2.45, 2.75) is 50.8 Å². The summed E-state index contributed by atoms with van der Waals surface area (Å²) in [7, 11) is 1.95. The van der Waals surface area contributed by atoms with Gasteiger partial charge in [0.1, 0.15) is 5.60 Å². The zero-order valence-corrected chi connectivity index (χ0v) is 11.8. The lowest BCUT2D eigenvalue weighted by Crippen LogP contribution is -2.59. The Morgan fingerprint density at radius 3 is 2.61 bits per heavy atom. The molecule has 0 aromatic rings. The maximum atomic E-state index is 12.2. The summed E-state index contributed by atoms with van der Waals surface area (Å²) in [4.78, 5) is 14.1. The molecule has 0 aromatic carbocycles. The minimum atomic E-state index is -0.448. The van der Waals surface area contributed by atoms with E-state index in [-0.39, 0.29) is 17.7 Å². The number of morpholine rings is 1. The van der Waals surface area contributed by atoms with Crippen molar-refractivity contribution in [1.82, 2.24) is 10.2 Å². The maximum Gasteiger partial charge on any atom is 0.410 e. The second kappa shape index (κ2) is 4.70. The highest BCUT2D eigenvalue weighted by molar-refractivity contribution is 5.69. The first kappa shape index (κ1) is 13.6. The van der Waals surface area contributed by atoms with Gasteiger partial charge >= 0.3 is 6.09 Å². The van der Waals surface area contributed by atoms with Gasteiger partial charge < -0.3 is 14.8 Å². The molecule has 1 unspecified atom stereocenters. The highest BCUT2D eigenvalue weighted by atomic mass is 16.6. The van der Waals surface area contributed by atoms with Crippen LogP contribution in [0, 0.1) is 0 Å². The van der Waals surface area contributed by atoms with E-state index in [1.807, 2.05) is 32.7 Å². The first-order valence-corrected chi connectivity index (χ1v) is 6.64. The summed E-state index contributed by atoms with van der Waals surface area (Å²) >= 11 is 0. The number of ether oxygens (including phenoxy) is 2. The van der Waals surface area contributed by atoms with Crippen molar-refractivity contribution < 1.29 is 14.3 Å². The Balaban J connectivity index is 2.06. The van der Waals surface area contributed by atoms with Crippen LogP contribution in [0.4, 0.5) is 4.79 Å². The summed E-state index contributed by atoms with van der Waals surface area (Å²) in [5.41, 5.74) is -0.409. The minimum absolute atomic E-state index is 0.0390. The second-order valence-corrected chi connectivity index (χ2v) is 6.17. The molecule has 0 bridgehead atoms. The molecule has 1 saturated heterocycles. The predicted octanol–water partition coefficient (Wildman–Crippen LogP) is 1.37. The van der Waals surface area contributed by atoms with Crippen molar-refractivity contribution in [3.8, 4) is 0 Å². The standard InChI is InChI=1S/C13H24N2O3/c1-12(2,3)18-11(16)15-7-8-17-9-10(15)13(14-4)5-6-13/h10,14H,5-9H2,1-4H3. The summed E-state index contributed by atoms with van der Waals surface area (Å²) in [5.74, 6) is 0. The lowest BCUT2D eigenvalue weighted by molar-refractivity contribution is -0.0434. The van der Waals surface area contributed by atoms with Crippen LogP contribution in [-0.4, -0.2) is 55.0 Å². The molecule has 18 heavy (non-hydrogen) atoms. The van der Waals surface area contributed by atoms with Crippen LogP contribution in [0.3, 0.4) is 0 Å². The molecule has 5 heteroatoms. The molecule has 1 atom stereocenters. The van der Waals surface area contributed by atoms with Crippen LogP contribution in [0.1, 0.15) is 33.6 Å². The highest BCUT2D eigenvalue weighted by Crippen LogP contribution is 2.41. The van der Waals surface area contributed by atoms with Gasteiger partial charge in [0.25, 0.3) is 0 Å². The van der Waals surface area contributed by atoms with Gasteiger partial charge in [0.15, 0.2) is 0 Å². The van der Waals surface area contributed by atoms with E-state index in [0.29, 0.717) is 19.8 Å². The smallest absolute Gasteiger partial charge is 0.410 e. The Kier molecular flexibility index (Phi) is 3.56. The van der Waals surface area contributed by atoms with E-state index in [0.717, 1.165) is 12.8 Å². The molecular weight excluding hydrogens is 232 g/mol. The molecule has 1 aliphatic heterocycles. The van der Waals surface area contributed by atoms with Gasteiger partial charge in [0.05, 0.1) is 19.3 Å². The molecule has 1 aliphatic carbocycles. The molecule has 104 valence electrons. The van der Waals surface area contributed by atoms with Crippen molar-refractivity contribution in [2.75, 3.05) is 26.8 Å². The number of likely N-dealkylation sites (N-methyl/N-ethyl adjacent to an activating group) is 1. The van der Waals surface area contributed by atoms with Gasteiger partial charge in [-0.3, -0.25) is 4.90 Å². The predicted molar refractivity (Wildman–Crippen MR) is 68.6 cm³/mol. The van der Waals surface area contributed by atoms with Crippen LogP contribution in [0.25, 0.3) is 0 Å². The number of hydrogen-bond acceptors (Lipinski definition) is 4. The molecule has 1 saturated carbocycles. The van der Waals surface area contributed by atoms with Crippen LogP contribution in [0.2, 0.25) is 0 Å². The summed E-state index contributed by atoms with van der Waals surface area (Å²) in [6.45, 7) is 7.49. The topological polar surface area (TPSA) is 50.8 Å². The van der Waals surface area contributed by atoms with Gasteiger partial charge in [0, 0.05) is 12.1 Å². The average molecular weight is 256 g/mol. The lowest BCUT2D eigenvalue weighted by atomic mass is 10.0. The van der Waals surface area contributed by atoms with Gasteiger partial charge in [-0.1, -0.05) is 0 Å². The fourth-order valence-electron chi connectivity index (χ4n) is 2.49. The summed E-state index contributed by atoms with van der Waals surface area (Å²) in [6, 6.07) is 0.0890. The van der Waals surface area contributed by atoms with E-state index in [4.69, 9.17) is 9.47 Å². The van der Waals surface area contributed by atoms with Crippen molar-refractivity contribution in [2.24, 2.45) is 0 Å². The Morgan fingerprint density at radius 2 is 2.11 bits per heavy atom. The molecule has 0 radical (unpaired) electrons. The Labute approximate surface area is 109 Å². The number of carbonyl (C=O) groups is 1. The van der Waals surface area contributed by atoms with E-state index in [2.05, 4.69) is 5.32 Å². The van der Waals surface area contributed by atoms with Crippen LogP contribution >= 0.6 is 0 Å². The van der Waals surface area contributed by atoms with E-state index < -0.39 is 5.60 Å². The summed E-state index contributed by atoms with van der Waals surface area (Å²) < 4.78 is 11.0. The molecule has 1 heterocycles. The Morgan fingerprint density at radius 1 is 1.44 bits per heavy atom. The average Bonchev–Trinajstić information content (AvgIpc) is 3.07. The van der Waals surface area contributed by atoms with Crippen molar-refractivity contribution in [3.05, 3.63) is 0 Å². The Bertz CT molecular complexity index is 321. The zero-order valence-electron chi connectivity index (χ0n) is 11.8. The minimum Gasteiger partial charge on any atom is -0.444 e. The van der Waals surface area contributed by atoms with Crippen molar-refractivity contribution in [3.63, 3.8) is 0 Å². The monoisotopic (exact) mass is 256 g/mol. The largest absolute Gasteiger partial charge is 0.444 e. The molecule has 2 aliphatic rings. The van der Waals surface area contributed by atoms with Gasteiger partial charge in [-0.05, 0) is 40.7 Å². The van der Waals surface area contributed by atoms with E-state index in [1.54, 1.807) is 0 Å². The van der Waals surface area contributed by atoms with E-state index in [9.17, 15) is 4.79 Å². The summed E-state index contributed by atoms with van der Waals surface area (Å²) in [6.07, 6.45) is 1.96. The molecule has 0 spiro atoms. The van der Waals surface area contributed by atoms with Crippen molar-refractivity contribution in [1.29, 1.82) is 0 Å². The number of rotatable bonds is 2. The van der Waals surface area contributed by atoms with Crippen LogP contribution in [0.15, 0.2) is 0 Å². The number of nitrogens with zero attached hydrogens (tertiary/aromatic N) is 1. The normalized spacial score (nSPS) is 26.9.